The van der Waals surface area contributed by atoms with Crippen molar-refractivity contribution < 1.29 is 28.0 Å². The van der Waals surface area contributed by atoms with Gasteiger partial charge >= 0.3 is 12.1 Å². The van der Waals surface area contributed by atoms with Gasteiger partial charge in [0.05, 0.1) is 10.5 Å². The number of nitro groups is 1. The second kappa shape index (κ2) is 6.42. The predicted octanol–water partition coefficient (Wildman–Crippen LogP) is 2.91. The van der Waals surface area contributed by atoms with Gasteiger partial charge in [0.25, 0.3) is 5.69 Å². The number of rotatable bonds is 6. The Kier molecular flexibility index (Phi) is 5.12. The summed E-state index contributed by atoms with van der Waals surface area (Å²) in [5.74, 6) is -1.22. The number of carboxylic acids is 1. The quantitative estimate of drug-likeness (QED) is 0.645. The number of carbonyl (C=O) groups is 1. The van der Waals surface area contributed by atoms with E-state index in [1.807, 2.05) is 0 Å². The number of anilines is 1. The van der Waals surface area contributed by atoms with Crippen molar-refractivity contribution in [3.63, 3.8) is 0 Å². The zero-order chi connectivity index (χ0) is 16.2. The van der Waals surface area contributed by atoms with Gasteiger partial charge in [0.1, 0.15) is 12.2 Å². The fourth-order valence-electron chi connectivity index (χ4n) is 1.83. The number of carboxylic acid groups (broad SMARTS) is 1. The fraction of sp³-hybridized carbons (Fsp3) is 0.417. The third-order valence-corrected chi connectivity index (χ3v) is 2.66. The molecule has 21 heavy (non-hydrogen) atoms. The molecular formula is C12H13F3N2O4. The van der Waals surface area contributed by atoms with Crippen molar-refractivity contribution in [2.75, 3.05) is 18.0 Å². The molecule has 0 saturated carbocycles. The van der Waals surface area contributed by atoms with Crippen LogP contribution < -0.4 is 4.90 Å². The number of aliphatic carboxylic acids is 1. The SMILES string of the molecule is CCCN(CC(=O)O)c1ccc(C(F)(F)F)cc1[N+](=O)[O-]. The van der Waals surface area contributed by atoms with Crippen LogP contribution in [0.1, 0.15) is 18.9 Å². The van der Waals surface area contributed by atoms with Crippen LogP contribution >= 0.6 is 0 Å². The zero-order valence-electron chi connectivity index (χ0n) is 11.1. The summed E-state index contributed by atoms with van der Waals surface area (Å²) >= 11 is 0. The molecule has 0 saturated heterocycles. The monoisotopic (exact) mass is 306 g/mol. The maximum absolute atomic E-state index is 12.6. The van der Waals surface area contributed by atoms with Gasteiger partial charge in [-0.3, -0.25) is 14.9 Å². The van der Waals surface area contributed by atoms with E-state index in [0.29, 0.717) is 18.6 Å². The highest BCUT2D eigenvalue weighted by atomic mass is 19.4. The van der Waals surface area contributed by atoms with Gasteiger partial charge in [-0.05, 0) is 18.6 Å². The Morgan fingerprint density at radius 2 is 2.05 bits per heavy atom. The molecular weight excluding hydrogens is 293 g/mol. The minimum absolute atomic E-state index is 0.141. The predicted molar refractivity (Wildman–Crippen MR) is 68.2 cm³/mol. The number of nitrogens with zero attached hydrogens (tertiary/aromatic N) is 2. The summed E-state index contributed by atoms with van der Waals surface area (Å²) in [5, 5.41) is 19.8. The Labute approximate surface area is 117 Å². The van der Waals surface area contributed by atoms with E-state index in [2.05, 4.69) is 0 Å². The summed E-state index contributed by atoms with van der Waals surface area (Å²) in [4.78, 5) is 22.0. The minimum atomic E-state index is -4.70. The number of hydrogen-bond donors (Lipinski definition) is 1. The Morgan fingerprint density at radius 3 is 2.48 bits per heavy atom. The van der Waals surface area contributed by atoms with Gasteiger partial charge in [-0.2, -0.15) is 13.2 Å². The Bertz CT molecular complexity index is 546. The second-order valence-electron chi connectivity index (χ2n) is 4.27. The van der Waals surface area contributed by atoms with E-state index in [-0.39, 0.29) is 12.2 Å². The molecule has 0 aliphatic carbocycles. The Morgan fingerprint density at radius 1 is 1.43 bits per heavy atom. The van der Waals surface area contributed by atoms with Gasteiger partial charge in [0.15, 0.2) is 0 Å². The molecule has 9 heteroatoms. The summed E-state index contributed by atoms with van der Waals surface area (Å²) < 4.78 is 37.8. The molecule has 1 aromatic rings. The molecule has 116 valence electrons. The van der Waals surface area contributed by atoms with Crippen LogP contribution in [0.15, 0.2) is 18.2 Å². The van der Waals surface area contributed by atoms with E-state index in [1.165, 1.54) is 4.90 Å². The topological polar surface area (TPSA) is 83.7 Å². The maximum atomic E-state index is 12.6. The molecule has 1 aromatic carbocycles. The van der Waals surface area contributed by atoms with E-state index >= 15 is 0 Å². The van der Waals surface area contributed by atoms with E-state index in [4.69, 9.17) is 5.11 Å². The molecule has 6 nitrogen and oxygen atoms in total. The third kappa shape index (κ3) is 4.33. The molecule has 0 heterocycles. The largest absolute Gasteiger partial charge is 0.480 e. The highest BCUT2D eigenvalue weighted by Gasteiger charge is 2.33. The van der Waals surface area contributed by atoms with Crippen LogP contribution in [-0.2, 0) is 11.0 Å². The van der Waals surface area contributed by atoms with Crippen molar-refractivity contribution in [1.29, 1.82) is 0 Å². The van der Waals surface area contributed by atoms with E-state index in [1.54, 1.807) is 6.92 Å². The normalized spacial score (nSPS) is 11.2. The lowest BCUT2D eigenvalue weighted by Crippen LogP contribution is -2.31. The van der Waals surface area contributed by atoms with Crippen molar-refractivity contribution in [2.24, 2.45) is 0 Å². The van der Waals surface area contributed by atoms with Crippen LogP contribution in [0.4, 0.5) is 24.5 Å². The van der Waals surface area contributed by atoms with Crippen molar-refractivity contribution in [3.8, 4) is 0 Å². The summed E-state index contributed by atoms with van der Waals surface area (Å²) in [5.41, 5.74) is -2.05. The summed E-state index contributed by atoms with van der Waals surface area (Å²) in [7, 11) is 0. The molecule has 0 atom stereocenters. The van der Waals surface area contributed by atoms with Gasteiger partial charge in [-0.1, -0.05) is 6.92 Å². The van der Waals surface area contributed by atoms with Crippen molar-refractivity contribution >= 4 is 17.3 Å². The molecule has 0 radical (unpaired) electrons. The van der Waals surface area contributed by atoms with Crippen LogP contribution in [0.5, 0.6) is 0 Å². The first kappa shape index (κ1) is 16.7. The molecule has 0 unspecified atom stereocenters. The molecule has 1 N–H and O–H groups in total. The molecule has 1 rings (SSSR count). The van der Waals surface area contributed by atoms with E-state index in [0.717, 1.165) is 6.07 Å². The standard InChI is InChI=1S/C12H13F3N2O4/c1-2-5-16(7-11(18)19)9-4-3-8(12(13,14)15)6-10(9)17(20)21/h3-4,6H,2,5,7H2,1H3,(H,18,19). The lowest BCUT2D eigenvalue weighted by molar-refractivity contribution is -0.384. The van der Waals surface area contributed by atoms with E-state index < -0.39 is 34.9 Å². The van der Waals surface area contributed by atoms with E-state index in [9.17, 15) is 28.1 Å². The van der Waals surface area contributed by atoms with Crippen LogP contribution in [0, 0.1) is 10.1 Å². The average Bonchev–Trinajstić information content (AvgIpc) is 2.36. The number of halogens is 3. The third-order valence-electron chi connectivity index (χ3n) is 2.66. The number of nitro benzene ring substituents is 1. The van der Waals surface area contributed by atoms with Crippen LogP contribution in [0.3, 0.4) is 0 Å². The van der Waals surface area contributed by atoms with Crippen molar-refractivity contribution in [2.45, 2.75) is 19.5 Å². The second-order valence-corrected chi connectivity index (χ2v) is 4.27. The Balaban J connectivity index is 3.32. The fourth-order valence-corrected chi connectivity index (χ4v) is 1.83. The van der Waals surface area contributed by atoms with Crippen LogP contribution in [0.25, 0.3) is 0 Å². The number of benzene rings is 1. The maximum Gasteiger partial charge on any atom is 0.416 e. The number of hydrogen-bond acceptors (Lipinski definition) is 4. The van der Waals surface area contributed by atoms with Crippen molar-refractivity contribution in [1.82, 2.24) is 0 Å². The number of alkyl halides is 3. The van der Waals surface area contributed by atoms with Gasteiger partial charge < -0.3 is 10.0 Å². The highest BCUT2D eigenvalue weighted by molar-refractivity contribution is 5.76. The smallest absolute Gasteiger partial charge is 0.416 e. The Hall–Kier alpha value is -2.32. The minimum Gasteiger partial charge on any atom is -0.480 e. The summed E-state index contributed by atoms with van der Waals surface area (Å²) in [6.07, 6.45) is -4.21. The average molecular weight is 306 g/mol. The molecule has 0 bridgehead atoms. The molecule has 0 aromatic heterocycles. The molecule has 0 aliphatic rings. The molecule has 0 fully saturated rings. The van der Waals surface area contributed by atoms with Gasteiger partial charge in [-0.15, -0.1) is 0 Å². The first-order valence-corrected chi connectivity index (χ1v) is 5.99. The van der Waals surface area contributed by atoms with Crippen LogP contribution in [-0.4, -0.2) is 29.1 Å². The first-order chi connectivity index (χ1) is 9.66. The van der Waals surface area contributed by atoms with Gasteiger partial charge in [-0.25, -0.2) is 0 Å². The lowest BCUT2D eigenvalue weighted by atomic mass is 10.1. The zero-order valence-corrected chi connectivity index (χ0v) is 11.1. The summed E-state index contributed by atoms with van der Waals surface area (Å²) in [6, 6.07) is 2.05. The highest BCUT2D eigenvalue weighted by Crippen LogP contribution is 2.36. The van der Waals surface area contributed by atoms with Crippen LogP contribution in [0.2, 0.25) is 0 Å². The molecule has 0 aliphatic heterocycles. The molecule has 0 amide bonds. The van der Waals surface area contributed by atoms with Gasteiger partial charge in [0, 0.05) is 12.6 Å². The van der Waals surface area contributed by atoms with Gasteiger partial charge in [0.2, 0.25) is 0 Å². The first-order valence-electron chi connectivity index (χ1n) is 5.99. The molecule has 0 spiro atoms. The van der Waals surface area contributed by atoms with Crippen molar-refractivity contribution in [3.05, 3.63) is 33.9 Å². The summed E-state index contributed by atoms with van der Waals surface area (Å²) in [6.45, 7) is 1.38. The lowest BCUT2D eigenvalue weighted by Gasteiger charge is -2.22.